The van der Waals surface area contributed by atoms with E-state index >= 15 is 0 Å². The molecule has 2 saturated heterocycles. The molecule has 9 nitrogen and oxygen atoms in total. The van der Waals surface area contributed by atoms with E-state index in [1.165, 1.54) is 6.42 Å². The van der Waals surface area contributed by atoms with E-state index < -0.39 is 0 Å². The quantitative estimate of drug-likeness (QED) is 0.436. The fourth-order valence-corrected chi connectivity index (χ4v) is 4.76. The van der Waals surface area contributed by atoms with Gasteiger partial charge in [-0.3, -0.25) is 4.98 Å². The molecular weight excluding hydrogens is 428 g/mol. The number of nitrogens with zero attached hydrogens (tertiary/aromatic N) is 6. The molecule has 3 aromatic heterocycles. The van der Waals surface area contributed by atoms with Crippen molar-refractivity contribution in [2.75, 3.05) is 29.9 Å². The molecule has 174 valence electrons. The smallest absolute Gasteiger partial charge is 0.162 e. The normalized spacial score (nSPS) is 19.3. The Morgan fingerprint density at radius 1 is 1.15 bits per heavy atom. The Kier molecular flexibility index (Phi) is 5.26. The lowest BCUT2D eigenvalue weighted by Crippen LogP contribution is -2.44. The minimum atomic E-state index is 0.447. The first kappa shape index (κ1) is 20.9. The van der Waals surface area contributed by atoms with Gasteiger partial charge in [-0.15, -0.1) is 5.10 Å². The number of hydrogen-bond acceptors (Lipinski definition) is 8. The van der Waals surface area contributed by atoms with Gasteiger partial charge in [0.1, 0.15) is 17.4 Å². The Balaban J connectivity index is 1.41. The Labute approximate surface area is 198 Å². The van der Waals surface area contributed by atoms with Gasteiger partial charge in [0.15, 0.2) is 5.82 Å². The minimum Gasteiger partial charge on any atom is -0.493 e. The van der Waals surface area contributed by atoms with Crippen LogP contribution in [0, 0.1) is 5.92 Å². The van der Waals surface area contributed by atoms with Gasteiger partial charge in [-0.25, -0.2) is 14.6 Å². The van der Waals surface area contributed by atoms with Gasteiger partial charge in [-0.1, -0.05) is 13.8 Å². The van der Waals surface area contributed by atoms with Crippen LogP contribution in [-0.2, 0) is 0 Å². The largest absolute Gasteiger partial charge is 0.493 e. The van der Waals surface area contributed by atoms with Crippen LogP contribution in [0.25, 0.3) is 16.6 Å². The lowest BCUT2D eigenvalue weighted by atomic mass is 10.2. The van der Waals surface area contributed by atoms with Crippen molar-refractivity contribution in [2.24, 2.45) is 5.92 Å². The topological polar surface area (TPSA) is 93.0 Å². The predicted octanol–water partition coefficient (Wildman–Crippen LogP) is 3.54. The van der Waals surface area contributed by atoms with Crippen molar-refractivity contribution in [1.29, 1.82) is 0 Å². The third-order valence-corrected chi connectivity index (χ3v) is 6.37. The molecule has 0 aliphatic carbocycles. The minimum absolute atomic E-state index is 0.447. The van der Waals surface area contributed by atoms with Gasteiger partial charge in [0, 0.05) is 61.3 Å². The van der Waals surface area contributed by atoms with Crippen molar-refractivity contribution in [3.63, 3.8) is 0 Å². The molecule has 5 heterocycles. The highest BCUT2D eigenvalue weighted by Gasteiger charge is 2.38. The number of benzene rings is 1. The Morgan fingerprint density at radius 3 is 2.85 bits per heavy atom. The molecule has 2 fully saturated rings. The highest BCUT2D eigenvalue weighted by Crippen LogP contribution is 2.33. The van der Waals surface area contributed by atoms with Gasteiger partial charge in [0.2, 0.25) is 0 Å². The van der Waals surface area contributed by atoms with Gasteiger partial charge in [0.25, 0.3) is 0 Å². The van der Waals surface area contributed by atoms with Crippen molar-refractivity contribution in [3.05, 3.63) is 55.1 Å². The van der Waals surface area contributed by atoms with Crippen LogP contribution >= 0.6 is 0 Å². The summed E-state index contributed by atoms with van der Waals surface area (Å²) in [5, 5.41) is 12.8. The fourth-order valence-electron chi connectivity index (χ4n) is 4.76. The monoisotopic (exact) mass is 456 g/mol. The standard InChI is InChI=1S/C25H28N8O/c1-16(2)15-34-20-3-4-21-22(11-20)33(31-25(21)30-23-13-26-7-8-27-23)18-5-6-28-24(10-18)32-14-17-9-19(32)12-29-17/h3-8,10-11,13,16-17,19,29H,9,12,14-15H2,1-2H3,(H,27,30,31)/t17-,19-/m0/s1. The van der Waals surface area contributed by atoms with E-state index in [2.05, 4.69) is 56.5 Å². The number of nitrogens with one attached hydrogen (secondary N) is 2. The van der Waals surface area contributed by atoms with Crippen molar-refractivity contribution >= 4 is 28.4 Å². The van der Waals surface area contributed by atoms with Crippen LogP contribution in [0.1, 0.15) is 20.3 Å². The first-order valence-electron chi connectivity index (χ1n) is 11.8. The summed E-state index contributed by atoms with van der Waals surface area (Å²) < 4.78 is 7.97. The predicted molar refractivity (Wildman–Crippen MR) is 132 cm³/mol. The van der Waals surface area contributed by atoms with Gasteiger partial charge in [-0.05, 0) is 30.5 Å². The first-order chi connectivity index (χ1) is 16.6. The third-order valence-electron chi connectivity index (χ3n) is 6.37. The zero-order valence-electron chi connectivity index (χ0n) is 19.3. The summed E-state index contributed by atoms with van der Waals surface area (Å²) in [5.41, 5.74) is 1.91. The summed E-state index contributed by atoms with van der Waals surface area (Å²) in [5.74, 6) is 3.62. The molecule has 4 aromatic rings. The van der Waals surface area contributed by atoms with Crippen LogP contribution in [0.3, 0.4) is 0 Å². The third kappa shape index (κ3) is 3.92. The number of piperazine rings is 1. The average Bonchev–Trinajstić information content (AvgIpc) is 3.58. The molecule has 6 rings (SSSR count). The van der Waals surface area contributed by atoms with Crippen LogP contribution in [0.4, 0.5) is 17.5 Å². The van der Waals surface area contributed by atoms with E-state index in [1.807, 2.05) is 29.1 Å². The zero-order valence-corrected chi connectivity index (χ0v) is 19.3. The number of hydrogen-bond donors (Lipinski definition) is 2. The van der Waals surface area contributed by atoms with Gasteiger partial charge in [-0.2, -0.15) is 0 Å². The van der Waals surface area contributed by atoms with Crippen LogP contribution in [0.2, 0.25) is 0 Å². The maximum absolute atomic E-state index is 6.02. The van der Waals surface area contributed by atoms with E-state index in [9.17, 15) is 0 Å². The summed E-state index contributed by atoms with van der Waals surface area (Å²) >= 11 is 0. The highest BCUT2D eigenvalue weighted by atomic mass is 16.5. The molecule has 9 heteroatoms. The summed E-state index contributed by atoms with van der Waals surface area (Å²) in [6.45, 7) is 6.96. The summed E-state index contributed by atoms with van der Waals surface area (Å²) in [7, 11) is 0. The summed E-state index contributed by atoms with van der Waals surface area (Å²) in [6, 6.07) is 11.3. The Morgan fingerprint density at radius 2 is 2.09 bits per heavy atom. The maximum atomic E-state index is 6.02. The molecule has 0 unspecified atom stereocenters. The van der Waals surface area contributed by atoms with Crippen LogP contribution < -0.4 is 20.3 Å². The van der Waals surface area contributed by atoms with E-state index in [0.717, 1.165) is 41.2 Å². The molecule has 2 aliphatic rings. The zero-order chi connectivity index (χ0) is 23.1. The van der Waals surface area contributed by atoms with Crippen molar-refractivity contribution in [3.8, 4) is 11.4 Å². The summed E-state index contributed by atoms with van der Waals surface area (Å²) in [6.07, 6.45) is 8.05. The number of rotatable bonds is 7. The second kappa shape index (κ2) is 8.57. The Hall–Kier alpha value is -3.72. The second-order valence-electron chi connectivity index (χ2n) is 9.38. The van der Waals surface area contributed by atoms with Crippen LogP contribution in [0.5, 0.6) is 5.75 Å². The van der Waals surface area contributed by atoms with E-state index in [-0.39, 0.29) is 0 Å². The van der Waals surface area contributed by atoms with Crippen molar-refractivity contribution in [2.45, 2.75) is 32.4 Å². The second-order valence-corrected chi connectivity index (χ2v) is 9.38. The first-order valence-corrected chi connectivity index (χ1v) is 11.8. The Bertz CT molecular complexity index is 1310. The maximum Gasteiger partial charge on any atom is 0.162 e. The van der Waals surface area contributed by atoms with Crippen LogP contribution in [-0.4, -0.2) is 56.5 Å². The molecule has 0 spiro atoms. The number of fused-ring (bicyclic) bond motifs is 3. The van der Waals surface area contributed by atoms with E-state index in [0.29, 0.717) is 36.2 Å². The van der Waals surface area contributed by atoms with Crippen molar-refractivity contribution < 1.29 is 4.74 Å². The molecular formula is C25H28N8O. The average molecular weight is 457 g/mol. The van der Waals surface area contributed by atoms with Gasteiger partial charge in [0.05, 0.1) is 24.0 Å². The number of pyridine rings is 1. The fraction of sp³-hybridized carbons (Fsp3) is 0.360. The SMILES string of the molecule is CC(C)COc1ccc2c(Nc3cnccn3)nn(-c3ccnc(N4C[C@@H]5C[C@H]4CN5)c3)c2c1. The summed E-state index contributed by atoms with van der Waals surface area (Å²) in [4.78, 5) is 15.6. The molecule has 1 aromatic carbocycles. The molecule has 0 saturated carbocycles. The molecule has 2 atom stereocenters. The molecule has 0 radical (unpaired) electrons. The van der Waals surface area contributed by atoms with E-state index in [4.69, 9.17) is 9.84 Å². The lowest BCUT2D eigenvalue weighted by molar-refractivity contribution is 0.271. The molecule has 34 heavy (non-hydrogen) atoms. The van der Waals surface area contributed by atoms with Gasteiger partial charge < -0.3 is 20.3 Å². The molecule has 2 aliphatic heterocycles. The number of anilines is 3. The molecule has 0 amide bonds. The number of ether oxygens (including phenoxy) is 1. The molecule has 2 bridgehead atoms. The molecule has 2 N–H and O–H groups in total. The number of aromatic nitrogens is 5. The highest BCUT2D eigenvalue weighted by molar-refractivity contribution is 5.93. The van der Waals surface area contributed by atoms with Crippen molar-refractivity contribution in [1.82, 2.24) is 30.0 Å². The van der Waals surface area contributed by atoms with E-state index in [1.54, 1.807) is 18.6 Å². The van der Waals surface area contributed by atoms with Crippen LogP contribution in [0.15, 0.2) is 55.1 Å². The lowest BCUT2D eigenvalue weighted by Gasteiger charge is -2.28. The van der Waals surface area contributed by atoms with Gasteiger partial charge >= 0.3 is 0 Å².